The van der Waals surface area contributed by atoms with Crippen molar-refractivity contribution in [2.75, 3.05) is 13.1 Å². The van der Waals surface area contributed by atoms with E-state index in [1.807, 2.05) is 24.8 Å². The second-order valence-corrected chi connectivity index (χ2v) is 7.33. The lowest BCUT2D eigenvalue weighted by molar-refractivity contribution is 0.0662. The molecule has 6 nitrogen and oxygen atoms in total. The maximum atomic E-state index is 13.2. The molecule has 1 saturated heterocycles. The second-order valence-electron chi connectivity index (χ2n) is 7.33. The molecular formula is C18H24N4O2. The van der Waals surface area contributed by atoms with Crippen LogP contribution in [0.25, 0.3) is 11.1 Å². The molecule has 0 bridgehead atoms. The molecule has 1 amide bonds. The lowest BCUT2D eigenvalue weighted by Gasteiger charge is -2.34. The number of nitrogens with zero attached hydrogens (tertiary/aromatic N) is 3. The van der Waals surface area contributed by atoms with Gasteiger partial charge in [-0.15, -0.1) is 0 Å². The topological polar surface area (TPSA) is 85.2 Å². The summed E-state index contributed by atoms with van der Waals surface area (Å²) in [5, 5.41) is 4.78. The molecular weight excluding hydrogens is 304 g/mol. The van der Waals surface area contributed by atoms with Gasteiger partial charge >= 0.3 is 0 Å². The van der Waals surface area contributed by atoms with Crippen LogP contribution in [0.2, 0.25) is 0 Å². The van der Waals surface area contributed by atoms with E-state index >= 15 is 0 Å². The molecule has 0 spiro atoms. The Morgan fingerprint density at radius 3 is 2.92 bits per heavy atom. The van der Waals surface area contributed by atoms with Crippen LogP contribution in [0, 0.1) is 12.8 Å². The van der Waals surface area contributed by atoms with Crippen LogP contribution in [0.1, 0.15) is 60.3 Å². The summed E-state index contributed by atoms with van der Waals surface area (Å²) in [6.45, 7) is 5.40. The highest BCUT2D eigenvalue weighted by atomic mass is 16.5. The third-order valence-corrected chi connectivity index (χ3v) is 5.35. The van der Waals surface area contributed by atoms with E-state index in [9.17, 15) is 4.79 Å². The predicted molar refractivity (Wildman–Crippen MR) is 90.8 cm³/mol. The number of carbonyl (C=O) groups excluding carboxylic acids is 1. The molecule has 24 heavy (non-hydrogen) atoms. The maximum absolute atomic E-state index is 13.2. The molecule has 1 saturated carbocycles. The summed E-state index contributed by atoms with van der Waals surface area (Å²) in [6.07, 6.45) is 4.36. The van der Waals surface area contributed by atoms with E-state index < -0.39 is 0 Å². The molecule has 0 radical (unpaired) electrons. The van der Waals surface area contributed by atoms with E-state index in [2.05, 4.69) is 10.1 Å². The molecule has 2 aromatic rings. The van der Waals surface area contributed by atoms with Crippen LogP contribution >= 0.6 is 0 Å². The minimum atomic E-state index is 0.0564. The van der Waals surface area contributed by atoms with Gasteiger partial charge in [0.2, 0.25) is 0 Å². The van der Waals surface area contributed by atoms with Gasteiger partial charge < -0.3 is 15.2 Å². The van der Waals surface area contributed by atoms with E-state index in [0.29, 0.717) is 23.1 Å². The molecule has 2 aromatic heterocycles. The molecule has 1 aliphatic carbocycles. The molecule has 2 N–H and O–H groups in total. The molecule has 4 rings (SSSR count). The standard InChI is InChI=1S/C18H24N4O2/c1-10(19)13-4-3-7-22(9-13)18(23)14-8-15(12-5-6-12)20-17-16(14)11(2)21-24-17/h8,10,12-13H,3-7,9,19H2,1-2H3. The molecule has 2 unspecified atom stereocenters. The Labute approximate surface area is 141 Å². The van der Waals surface area contributed by atoms with E-state index in [1.165, 1.54) is 0 Å². The first-order valence-corrected chi connectivity index (χ1v) is 8.86. The Hall–Kier alpha value is -1.95. The molecule has 1 aliphatic heterocycles. The van der Waals surface area contributed by atoms with Crippen molar-refractivity contribution in [3.8, 4) is 0 Å². The van der Waals surface area contributed by atoms with E-state index in [0.717, 1.165) is 55.5 Å². The second kappa shape index (κ2) is 5.84. The highest BCUT2D eigenvalue weighted by molar-refractivity contribution is 6.06. The number of aromatic nitrogens is 2. The number of hydrogen-bond acceptors (Lipinski definition) is 5. The predicted octanol–water partition coefficient (Wildman–Crippen LogP) is 2.61. The Morgan fingerprint density at radius 2 is 2.21 bits per heavy atom. The van der Waals surface area contributed by atoms with Gasteiger partial charge in [-0.05, 0) is 51.5 Å². The monoisotopic (exact) mass is 328 g/mol. The third-order valence-electron chi connectivity index (χ3n) is 5.35. The molecule has 2 aliphatic rings. The van der Waals surface area contributed by atoms with Gasteiger partial charge in [-0.1, -0.05) is 5.16 Å². The zero-order valence-corrected chi connectivity index (χ0v) is 14.3. The molecule has 2 atom stereocenters. The van der Waals surface area contributed by atoms with Crippen molar-refractivity contribution in [2.45, 2.75) is 51.5 Å². The summed E-state index contributed by atoms with van der Waals surface area (Å²) in [5.41, 5.74) is 8.93. The van der Waals surface area contributed by atoms with Crippen molar-refractivity contribution in [3.05, 3.63) is 23.0 Å². The fraction of sp³-hybridized carbons (Fsp3) is 0.611. The number of pyridine rings is 1. The summed E-state index contributed by atoms with van der Waals surface area (Å²) >= 11 is 0. The van der Waals surface area contributed by atoms with Crippen LogP contribution in [0.5, 0.6) is 0 Å². The Balaban J connectivity index is 1.71. The molecule has 2 fully saturated rings. The zero-order chi connectivity index (χ0) is 16.8. The summed E-state index contributed by atoms with van der Waals surface area (Å²) in [6, 6.07) is 2.07. The minimum Gasteiger partial charge on any atom is -0.338 e. The van der Waals surface area contributed by atoms with Crippen LogP contribution in [-0.4, -0.2) is 40.1 Å². The van der Waals surface area contributed by atoms with Gasteiger partial charge in [0, 0.05) is 30.7 Å². The Kier molecular flexibility index (Phi) is 3.79. The quantitative estimate of drug-likeness (QED) is 0.936. The summed E-state index contributed by atoms with van der Waals surface area (Å²) in [5.74, 6) is 0.886. The van der Waals surface area contributed by atoms with E-state index in [1.54, 1.807) is 0 Å². The first-order valence-electron chi connectivity index (χ1n) is 8.86. The number of amides is 1. The van der Waals surface area contributed by atoms with Gasteiger partial charge in [-0.3, -0.25) is 4.79 Å². The number of fused-ring (bicyclic) bond motifs is 1. The first-order chi connectivity index (χ1) is 11.5. The van der Waals surface area contributed by atoms with Gasteiger partial charge in [0.25, 0.3) is 11.6 Å². The van der Waals surface area contributed by atoms with Crippen molar-refractivity contribution >= 4 is 17.0 Å². The molecule has 3 heterocycles. The number of aryl methyl sites for hydroxylation is 1. The van der Waals surface area contributed by atoms with Crippen molar-refractivity contribution in [3.63, 3.8) is 0 Å². The summed E-state index contributed by atoms with van der Waals surface area (Å²) in [7, 11) is 0. The number of nitrogens with two attached hydrogens (primary N) is 1. The van der Waals surface area contributed by atoms with Crippen LogP contribution < -0.4 is 5.73 Å². The number of likely N-dealkylation sites (tertiary alicyclic amines) is 1. The largest absolute Gasteiger partial charge is 0.338 e. The van der Waals surface area contributed by atoms with E-state index in [4.69, 9.17) is 10.3 Å². The van der Waals surface area contributed by atoms with Gasteiger partial charge in [0.1, 0.15) is 0 Å². The number of piperidine rings is 1. The van der Waals surface area contributed by atoms with Crippen LogP contribution in [-0.2, 0) is 0 Å². The van der Waals surface area contributed by atoms with Gasteiger partial charge in [0.05, 0.1) is 16.6 Å². The molecule has 0 aromatic carbocycles. The zero-order valence-electron chi connectivity index (χ0n) is 14.3. The van der Waals surface area contributed by atoms with Gasteiger partial charge in [-0.2, -0.15) is 0 Å². The SMILES string of the molecule is Cc1noc2nc(C3CC3)cc(C(=O)N3CCCC(C(C)N)C3)c12. The average Bonchev–Trinajstić information content (AvgIpc) is 3.37. The normalized spacial score (nSPS) is 22.8. The smallest absolute Gasteiger partial charge is 0.259 e. The highest BCUT2D eigenvalue weighted by Gasteiger charge is 2.31. The van der Waals surface area contributed by atoms with Crippen LogP contribution in [0.15, 0.2) is 10.6 Å². The lowest BCUT2D eigenvalue weighted by Crippen LogP contribution is -2.45. The Morgan fingerprint density at radius 1 is 1.42 bits per heavy atom. The number of carbonyl (C=O) groups is 1. The fourth-order valence-corrected chi connectivity index (χ4v) is 3.66. The van der Waals surface area contributed by atoms with Crippen LogP contribution in [0.4, 0.5) is 0 Å². The first kappa shape index (κ1) is 15.6. The third kappa shape index (κ3) is 2.69. The lowest BCUT2D eigenvalue weighted by atomic mass is 9.91. The number of hydrogen-bond donors (Lipinski definition) is 1. The number of rotatable bonds is 3. The van der Waals surface area contributed by atoms with Crippen LogP contribution in [0.3, 0.4) is 0 Å². The average molecular weight is 328 g/mol. The van der Waals surface area contributed by atoms with Gasteiger partial charge in [-0.25, -0.2) is 4.98 Å². The fourth-order valence-electron chi connectivity index (χ4n) is 3.66. The summed E-state index contributed by atoms with van der Waals surface area (Å²) < 4.78 is 5.35. The molecule has 6 heteroatoms. The van der Waals surface area contributed by atoms with Crippen molar-refractivity contribution in [2.24, 2.45) is 11.7 Å². The Bertz CT molecular complexity index is 779. The molecule has 128 valence electrons. The van der Waals surface area contributed by atoms with Crippen molar-refractivity contribution < 1.29 is 9.32 Å². The minimum absolute atomic E-state index is 0.0564. The van der Waals surface area contributed by atoms with E-state index in [-0.39, 0.29) is 11.9 Å². The maximum Gasteiger partial charge on any atom is 0.259 e. The van der Waals surface area contributed by atoms with Gasteiger partial charge in [0.15, 0.2) is 0 Å². The summed E-state index contributed by atoms with van der Waals surface area (Å²) in [4.78, 5) is 19.7. The van der Waals surface area contributed by atoms with Crippen molar-refractivity contribution in [1.29, 1.82) is 0 Å². The van der Waals surface area contributed by atoms with Crippen molar-refractivity contribution in [1.82, 2.24) is 15.0 Å². The highest BCUT2D eigenvalue weighted by Crippen LogP contribution is 2.40.